The van der Waals surface area contributed by atoms with E-state index in [4.69, 9.17) is 16.3 Å². The molecule has 0 bridgehead atoms. The SMILES string of the molecule is COc1cc(C(=O)C2Cc3ccccc32)ccc1Cl. The van der Waals surface area contributed by atoms with Crippen LogP contribution in [0.4, 0.5) is 0 Å². The highest BCUT2D eigenvalue weighted by Gasteiger charge is 2.32. The molecule has 1 atom stereocenters. The molecule has 0 radical (unpaired) electrons. The monoisotopic (exact) mass is 272 g/mol. The first-order valence-corrected chi connectivity index (χ1v) is 6.54. The molecule has 0 amide bonds. The Morgan fingerprint density at radius 2 is 2.05 bits per heavy atom. The fourth-order valence-electron chi connectivity index (χ4n) is 2.51. The Morgan fingerprint density at radius 1 is 1.26 bits per heavy atom. The van der Waals surface area contributed by atoms with Crippen LogP contribution >= 0.6 is 11.6 Å². The molecule has 0 fully saturated rings. The maximum absolute atomic E-state index is 12.5. The summed E-state index contributed by atoms with van der Waals surface area (Å²) in [5.41, 5.74) is 3.06. The van der Waals surface area contributed by atoms with E-state index in [0.29, 0.717) is 16.3 Å². The predicted molar refractivity (Wildman–Crippen MR) is 75.2 cm³/mol. The zero-order chi connectivity index (χ0) is 13.4. The van der Waals surface area contributed by atoms with E-state index in [1.165, 1.54) is 5.56 Å². The highest BCUT2D eigenvalue weighted by molar-refractivity contribution is 6.32. The number of benzene rings is 2. The number of ketones is 1. The van der Waals surface area contributed by atoms with Crippen LogP contribution < -0.4 is 4.74 Å². The van der Waals surface area contributed by atoms with Crippen molar-refractivity contribution in [3.8, 4) is 5.75 Å². The zero-order valence-electron chi connectivity index (χ0n) is 10.5. The maximum Gasteiger partial charge on any atom is 0.170 e. The lowest BCUT2D eigenvalue weighted by molar-refractivity contribution is 0.0948. The minimum Gasteiger partial charge on any atom is -0.495 e. The molecule has 2 aromatic carbocycles. The van der Waals surface area contributed by atoms with E-state index in [2.05, 4.69) is 6.07 Å². The van der Waals surface area contributed by atoms with Gasteiger partial charge in [0.15, 0.2) is 5.78 Å². The van der Waals surface area contributed by atoms with Gasteiger partial charge >= 0.3 is 0 Å². The van der Waals surface area contributed by atoms with Crippen molar-refractivity contribution < 1.29 is 9.53 Å². The maximum atomic E-state index is 12.5. The van der Waals surface area contributed by atoms with E-state index in [-0.39, 0.29) is 11.7 Å². The van der Waals surface area contributed by atoms with Crippen molar-refractivity contribution in [1.82, 2.24) is 0 Å². The first-order chi connectivity index (χ1) is 9.20. The fourth-order valence-corrected chi connectivity index (χ4v) is 2.70. The van der Waals surface area contributed by atoms with Gasteiger partial charge in [-0.25, -0.2) is 0 Å². The number of halogens is 1. The molecular weight excluding hydrogens is 260 g/mol. The first-order valence-electron chi connectivity index (χ1n) is 6.16. The van der Waals surface area contributed by atoms with Gasteiger partial charge in [0, 0.05) is 5.56 Å². The summed E-state index contributed by atoms with van der Waals surface area (Å²) in [6, 6.07) is 13.2. The molecule has 1 aliphatic rings. The first kappa shape index (κ1) is 12.2. The molecule has 0 saturated heterocycles. The van der Waals surface area contributed by atoms with Crippen molar-refractivity contribution in [2.24, 2.45) is 0 Å². The van der Waals surface area contributed by atoms with E-state index in [1.807, 2.05) is 18.2 Å². The summed E-state index contributed by atoms with van der Waals surface area (Å²) in [6.07, 6.45) is 0.819. The third-order valence-electron chi connectivity index (χ3n) is 3.61. The summed E-state index contributed by atoms with van der Waals surface area (Å²) in [6.45, 7) is 0. The average Bonchev–Trinajstić information content (AvgIpc) is 2.40. The molecule has 1 aliphatic carbocycles. The van der Waals surface area contributed by atoms with Crippen molar-refractivity contribution in [2.75, 3.05) is 7.11 Å². The molecule has 0 aromatic heterocycles. The Morgan fingerprint density at radius 3 is 2.79 bits per heavy atom. The molecule has 3 rings (SSSR count). The molecule has 0 heterocycles. The largest absolute Gasteiger partial charge is 0.495 e. The van der Waals surface area contributed by atoms with Crippen molar-refractivity contribution >= 4 is 17.4 Å². The average molecular weight is 273 g/mol. The number of rotatable bonds is 3. The van der Waals surface area contributed by atoms with Gasteiger partial charge in [-0.15, -0.1) is 0 Å². The highest BCUT2D eigenvalue weighted by Crippen LogP contribution is 2.38. The molecule has 2 nitrogen and oxygen atoms in total. The van der Waals surface area contributed by atoms with Crippen LogP contribution in [0.25, 0.3) is 0 Å². The molecule has 19 heavy (non-hydrogen) atoms. The highest BCUT2D eigenvalue weighted by atomic mass is 35.5. The van der Waals surface area contributed by atoms with Gasteiger partial charge in [0.2, 0.25) is 0 Å². The molecular formula is C16H13ClO2. The van der Waals surface area contributed by atoms with Crippen LogP contribution in [0.3, 0.4) is 0 Å². The van der Waals surface area contributed by atoms with E-state index >= 15 is 0 Å². The van der Waals surface area contributed by atoms with Crippen molar-refractivity contribution in [3.05, 3.63) is 64.2 Å². The van der Waals surface area contributed by atoms with Crippen LogP contribution in [0.15, 0.2) is 42.5 Å². The molecule has 3 heteroatoms. The number of ether oxygens (including phenoxy) is 1. The van der Waals surface area contributed by atoms with Gasteiger partial charge in [0.1, 0.15) is 5.75 Å². The van der Waals surface area contributed by atoms with Gasteiger partial charge < -0.3 is 4.74 Å². The Hall–Kier alpha value is -1.80. The topological polar surface area (TPSA) is 26.3 Å². The number of Topliss-reactive ketones (excluding diaryl/α,β-unsaturated/α-hetero) is 1. The van der Waals surface area contributed by atoms with E-state index in [9.17, 15) is 4.79 Å². The lowest BCUT2D eigenvalue weighted by Crippen LogP contribution is -2.25. The second-order valence-electron chi connectivity index (χ2n) is 4.67. The fraction of sp³-hybridized carbons (Fsp3) is 0.188. The summed E-state index contributed by atoms with van der Waals surface area (Å²) in [5, 5.41) is 0.521. The Bertz CT molecular complexity index is 649. The second kappa shape index (κ2) is 4.71. The van der Waals surface area contributed by atoms with E-state index < -0.39 is 0 Å². The van der Waals surface area contributed by atoms with Crippen LogP contribution in [0.1, 0.15) is 27.4 Å². The normalized spacial score (nSPS) is 16.4. The number of carbonyl (C=O) groups is 1. The zero-order valence-corrected chi connectivity index (χ0v) is 11.3. The number of hydrogen-bond donors (Lipinski definition) is 0. The van der Waals surface area contributed by atoms with Crippen molar-refractivity contribution in [3.63, 3.8) is 0 Å². The summed E-state index contributed by atoms with van der Waals surface area (Å²) < 4.78 is 5.15. The van der Waals surface area contributed by atoms with Crippen LogP contribution in [0.2, 0.25) is 5.02 Å². The summed E-state index contributed by atoms with van der Waals surface area (Å²) >= 11 is 5.97. The summed E-state index contributed by atoms with van der Waals surface area (Å²) in [4.78, 5) is 12.5. The van der Waals surface area contributed by atoms with Gasteiger partial charge in [-0.1, -0.05) is 35.9 Å². The van der Waals surface area contributed by atoms with Gasteiger partial charge in [0.25, 0.3) is 0 Å². The number of hydrogen-bond acceptors (Lipinski definition) is 2. The third kappa shape index (κ3) is 2.02. The van der Waals surface area contributed by atoms with Crippen LogP contribution in [-0.4, -0.2) is 12.9 Å². The van der Waals surface area contributed by atoms with Crippen molar-refractivity contribution in [1.29, 1.82) is 0 Å². The van der Waals surface area contributed by atoms with Crippen LogP contribution in [-0.2, 0) is 6.42 Å². The molecule has 0 N–H and O–H groups in total. The van der Waals surface area contributed by atoms with E-state index in [1.54, 1.807) is 25.3 Å². The summed E-state index contributed by atoms with van der Waals surface area (Å²) in [5.74, 6) is 0.649. The van der Waals surface area contributed by atoms with Gasteiger partial charge in [0.05, 0.1) is 18.1 Å². The van der Waals surface area contributed by atoms with Gasteiger partial charge in [-0.2, -0.15) is 0 Å². The standard InChI is InChI=1S/C16H13ClO2/c1-19-15-9-11(6-7-14(15)17)16(18)13-8-10-4-2-3-5-12(10)13/h2-7,9,13H,8H2,1H3. The van der Waals surface area contributed by atoms with Crippen LogP contribution in [0, 0.1) is 0 Å². The second-order valence-corrected chi connectivity index (χ2v) is 5.08. The number of carbonyl (C=O) groups excluding carboxylic acids is 1. The lowest BCUT2D eigenvalue weighted by atomic mass is 9.74. The number of methoxy groups -OCH3 is 1. The Labute approximate surface area is 117 Å². The molecule has 96 valence electrons. The minimum absolute atomic E-state index is 0.0259. The van der Waals surface area contributed by atoms with E-state index in [0.717, 1.165) is 12.0 Å². The Kier molecular flexibility index (Phi) is 3.03. The molecule has 2 aromatic rings. The lowest BCUT2D eigenvalue weighted by Gasteiger charge is -2.28. The Balaban J connectivity index is 1.90. The quantitative estimate of drug-likeness (QED) is 0.793. The van der Waals surface area contributed by atoms with Crippen LogP contribution in [0.5, 0.6) is 5.75 Å². The number of fused-ring (bicyclic) bond motifs is 1. The van der Waals surface area contributed by atoms with Crippen molar-refractivity contribution in [2.45, 2.75) is 12.3 Å². The summed E-state index contributed by atoms with van der Waals surface area (Å²) in [7, 11) is 1.55. The molecule has 0 aliphatic heterocycles. The smallest absolute Gasteiger partial charge is 0.170 e. The predicted octanol–water partition coefficient (Wildman–Crippen LogP) is 3.87. The van der Waals surface area contributed by atoms with Gasteiger partial charge in [-0.05, 0) is 35.7 Å². The molecule has 0 saturated carbocycles. The molecule has 1 unspecified atom stereocenters. The minimum atomic E-state index is -0.0259. The third-order valence-corrected chi connectivity index (χ3v) is 3.92. The van der Waals surface area contributed by atoms with Gasteiger partial charge in [-0.3, -0.25) is 4.79 Å². The molecule has 0 spiro atoms.